The number of nitrogens with zero attached hydrogens (tertiary/aromatic N) is 4. The van der Waals surface area contributed by atoms with E-state index in [9.17, 15) is 14.4 Å². The molecule has 0 unspecified atom stereocenters. The third kappa shape index (κ3) is 5.69. The third-order valence-electron chi connectivity index (χ3n) is 6.66. The molecule has 2 N–H and O–H groups in total. The Morgan fingerprint density at radius 3 is 2.37 bits per heavy atom. The SMILES string of the molecule is CCCN(CCC)C(=O)C1=Cc2ccc(-c3ccc4c(=O)n(CC(=O)N(C)C)ccc4c3)cc2N=C(N)C1. The minimum Gasteiger partial charge on any atom is -0.387 e. The van der Waals surface area contributed by atoms with Crippen LogP contribution in [0.2, 0.25) is 0 Å². The second-order valence-electron chi connectivity index (χ2n) is 9.85. The van der Waals surface area contributed by atoms with Gasteiger partial charge in [0.1, 0.15) is 12.4 Å². The molecule has 0 radical (unpaired) electrons. The van der Waals surface area contributed by atoms with E-state index in [1.807, 2.05) is 47.4 Å². The lowest BCUT2D eigenvalue weighted by Crippen LogP contribution is -2.34. The van der Waals surface area contributed by atoms with Crippen LogP contribution >= 0.6 is 0 Å². The van der Waals surface area contributed by atoms with Crippen LogP contribution in [0.5, 0.6) is 0 Å². The normalized spacial score (nSPS) is 12.8. The van der Waals surface area contributed by atoms with Crippen molar-refractivity contribution in [3.63, 3.8) is 0 Å². The number of amidine groups is 1. The number of fused-ring (bicyclic) bond motifs is 2. The highest BCUT2D eigenvalue weighted by Crippen LogP contribution is 2.33. The molecule has 0 saturated heterocycles. The summed E-state index contributed by atoms with van der Waals surface area (Å²) >= 11 is 0. The van der Waals surface area contributed by atoms with Gasteiger partial charge in [-0.2, -0.15) is 0 Å². The lowest BCUT2D eigenvalue weighted by molar-refractivity contribution is -0.129. The molecular formula is C30H35N5O3. The van der Waals surface area contributed by atoms with Gasteiger partial charge in [-0.15, -0.1) is 0 Å². The number of aliphatic imine (C=N–C) groups is 1. The van der Waals surface area contributed by atoms with Gasteiger partial charge in [0.05, 0.1) is 5.69 Å². The van der Waals surface area contributed by atoms with Crippen LogP contribution < -0.4 is 11.3 Å². The molecule has 2 amide bonds. The number of benzene rings is 2. The molecule has 2 heterocycles. The number of likely N-dealkylation sites (N-methyl/N-ethyl adjacent to an activating group) is 1. The van der Waals surface area contributed by atoms with Crippen LogP contribution in [-0.4, -0.2) is 59.2 Å². The number of nitrogens with two attached hydrogens (primary N) is 1. The maximum Gasteiger partial charge on any atom is 0.258 e. The fourth-order valence-corrected chi connectivity index (χ4v) is 4.64. The van der Waals surface area contributed by atoms with Crippen LogP contribution in [0.1, 0.15) is 38.7 Å². The summed E-state index contributed by atoms with van der Waals surface area (Å²) in [6.07, 6.45) is 5.67. The number of hydrogen-bond acceptors (Lipinski definition) is 5. The second kappa shape index (κ2) is 11.5. The first-order chi connectivity index (χ1) is 18.2. The lowest BCUT2D eigenvalue weighted by Gasteiger charge is -2.22. The van der Waals surface area contributed by atoms with E-state index in [-0.39, 0.29) is 23.9 Å². The van der Waals surface area contributed by atoms with Crippen LogP contribution in [0.3, 0.4) is 0 Å². The van der Waals surface area contributed by atoms with Gasteiger partial charge in [0.2, 0.25) is 11.8 Å². The van der Waals surface area contributed by atoms with Crippen molar-refractivity contribution in [2.75, 3.05) is 27.2 Å². The van der Waals surface area contributed by atoms with Gasteiger partial charge in [0, 0.05) is 56.3 Å². The van der Waals surface area contributed by atoms with Gasteiger partial charge >= 0.3 is 0 Å². The van der Waals surface area contributed by atoms with Gasteiger partial charge in [0.15, 0.2) is 0 Å². The predicted octanol–water partition coefficient (Wildman–Crippen LogP) is 4.18. The van der Waals surface area contributed by atoms with Crippen LogP contribution in [-0.2, 0) is 16.1 Å². The van der Waals surface area contributed by atoms with Crippen LogP contribution in [0.4, 0.5) is 5.69 Å². The number of hydrogen-bond donors (Lipinski definition) is 1. The second-order valence-corrected chi connectivity index (χ2v) is 9.85. The first kappa shape index (κ1) is 26.9. The Balaban J connectivity index is 1.67. The molecule has 0 spiro atoms. The first-order valence-corrected chi connectivity index (χ1v) is 13.0. The van der Waals surface area contributed by atoms with Crippen molar-refractivity contribution < 1.29 is 9.59 Å². The summed E-state index contributed by atoms with van der Waals surface area (Å²) in [6, 6.07) is 13.4. The van der Waals surface area contributed by atoms with Crippen molar-refractivity contribution in [2.24, 2.45) is 10.7 Å². The van der Waals surface area contributed by atoms with Gasteiger partial charge in [0.25, 0.3) is 5.56 Å². The van der Waals surface area contributed by atoms with E-state index in [2.05, 4.69) is 18.8 Å². The van der Waals surface area contributed by atoms with Gasteiger partial charge in [-0.1, -0.05) is 32.0 Å². The number of amides is 2. The summed E-state index contributed by atoms with van der Waals surface area (Å²) in [5, 5.41) is 1.34. The molecule has 3 aromatic rings. The van der Waals surface area contributed by atoms with E-state index in [1.54, 1.807) is 26.4 Å². The highest BCUT2D eigenvalue weighted by molar-refractivity contribution is 6.05. The largest absolute Gasteiger partial charge is 0.387 e. The molecule has 198 valence electrons. The molecule has 1 aliphatic rings. The Morgan fingerprint density at radius 1 is 1.00 bits per heavy atom. The highest BCUT2D eigenvalue weighted by Gasteiger charge is 2.21. The number of rotatable bonds is 8. The molecule has 0 aliphatic carbocycles. The average Bonchev–Trinajstić information content (AvgIpc) is 3.06. The van der Waals surface area contributed by atoms with Gasteiger partial charge in [-0.25, -0.2) is 4.99 Å². The quantitative estimate of drug-likeness (QED) is 0.488. The summed E-state index contributed by atoms with van der Waals surface area (Å²) in [5.74, 6) is 0.270. The number of pyridine rings is 1. The van der Waals surface area contributed by atoms with Gasteiger partial charge in [-0.05, 0) is 59.7 Å². The van der Waals surface area contributed by atoms with Crippen molar-refractivity contribution in [3.05, 3.63) is 70.2 Å². The minimum atomic E-state index is -0.203. The zero-order chi connectivity index (χ0) is 27.4. The molecule has 38 heavy (non-hydrogen) atoms. The molecule has 2 aromatic carbocycles. The topological polar surface area (TPSA) is 101 Å². The standard InChI is InChI=1S/C30H35N5O3/c1-5-12-34(13-6-2)29(37)24-16-23-8-7-21(17-26(23)32-27(31)18-24)20-9-10-25-22(15-20)11-14-35(30(25)38)19-28(36)33(3)4/h7-11,14-17H,5-6,12-13,18-19H2,1-4H3,(H2,31,32). The molecule has 8 heteroatoms. The first-order valence-electron chi connectivity index (χ1n) is 13.0. The van der Waals surface area contributed by atoms with Gasteiger partial charge in [-0.3, -0.25) is 14.4 Å². The Morgan fingerprint density at radius 2 is 1.68 bits per heavy atom. The van der Waals surface area contributed by atoms with Crippen LogP contribution in [0.15, 0.2) is 64.0 Å². The van der Waals surface area contributed by atoms with E-state index in [4.69, 9.17) is 5.73 Å². The molecule has 1 aliphatic heterocycles. The van der Waals surface area contributed by atoms with E-state index in [1.165, 1.54) is 9.47 Å². The van der Waals surface area contributed by atoms with Crippen molar-refractivity contribution in [1.29, 1.82) is 0 Å². The van der Waals surface area contributed by atoms with Crippen molar-refractivity contribution in [2.45, 2.75) is 39.7 Å². The zero-order valence-corrected chi connectivity index (χ0v) is 22.5. The maximum atomic E-state index is 13.2. The fourth-order valence-electron chi connectivity index (χ4n) is 4.64. The number of aromatic nitrogens is 1. The van der Waals surface area contributed by atoms with E-state index < -0.39 is 0 Å². The zero-order valence-electron chi connectivity index (χ0n) is 22.5. The van der Waals surface area contributed by atoms with Crippen molar-refractivity contribution in [3.8, 4) is 11.1 Å². The molecule has 1 aromatic heterocycles. The third-order valence-corrected chi connectivity index (χ3v) is 6.66. The highest BCUT2D eigenvalue weighted by atomic mass is 16.2. The molecule has 8 nitrogen and oxygen atoms in total. The summed E-state index contributed by atoms with van der Waals surface area (Å²) < 4.78 is 1.43. The minimum absolute atomic E-state index is 0.000427. The molecule has 0 atom stereocenters. The maximum absolute atomic E-state index is 13.2. The summed E-state index contributed by atoms with van der Waals surface area (Å²) in [4.78, 5) is 46.2. The smallest absolute Gasteiger partial charge is 0.258 e. The van der Waals surface area contributed by atoms with E-state index in [0.29, 0.717) is 42.0 Å². The number of carbonyl (C=O) groups excluding carboxylic acids is 2. The lowest BCUT2D eigenvalue weighted by atomic mass is 9.99. The molecule has 0 saturated carbocycles. The molecule has 0 fully saturated rings. The Bertz CT molecular complexity index is 1490. The predicted molar refractivity (Wildman–Crippen MR) is 153 cm³/mol. The average molecular weight is 514 g/mol. The van der Waals surface area contributed by atoms with E-state index >= 15 is 0 Å². The van der Waals surface area contributed by atoms with Crippen molar-refractivity contribution >= 4 is 40.2 Å². The Labute approximate surface area is 223 Å². The fraction of sp³-hybridized carbons (Fsp3) is 0.333. The van der Waals surface area contributed by atoms with Gasteiger partial charge < -0.3 is 20.1 Å². The summed E-state index contributed by atoms with van der Waals surface area (Å²) in [5.41, 5.74) is 10.1. The molecule has 4 rings (SSSR count). The van der Waals surface area contributed by atoms with E-state index in [0.717, 1.165) is 34.9 Å². The monoisotopic (exact) mass is 513 g/mol. The summed E-state index contributed by atoms with van der Waals surface area (Å²) in [7, 11) is 3.34. The Hall–Kier alpha value is -4.20. The van der Waals surface area contributed by atoms with Crippen LogP contribution in [0, 0.1) is 0 Å². The molecule has 0 bridgehead atoms. The molecular weight excluding hydrogens is 478 g/mol. The van der Waals surface area contributed by atoms with Crippen LogP contribution in [0.25, 0.3) is 28.0 Å². The number of carbonyl (C=O) groups is 2. The Kier molecular flexibility index (Phi) is 8.10. The summed E-state index contributed by atoms with van der Waals surface area (Å²) in [6.45, 7) is 5.56. The van der Waals surface area contributed by atoms with Crippen molar-refractivity contribution in [1.82, 2.24) is 14.4 Å².